The van der Waals surface area contributed by atoms with Gasteiger partial charge >= 0.3 is 0 Å². The van der Waals surface area contributed by atoms with Crippen molar-refractivity contribution in [2.45, 2.75) is 31.5 Å². The number of amides is 1. The minimum atomic E-state index is -0.191. The molecule has 0 aliphatic heterocycles. The Balaban J connectivity index is 1.32. The zero-order valence-electron chi connectivity index (χ0n) is 21.8. The fourth-order valence-corrected chi connectivity index (χ4v) is 5.11. The Kier molecular flexibility index (Phi) is 8.08. The van der Waals surface area contributed by atoms with Crippen LogP contribution in [0.25, 0.3) is 16.6 Å². The second kappa shape index (κ2) is 12.0. The first-order valence-corrected chi connectivity index (χ1v) is 13.8. The van der Waals surface area contributed by atoms with Crippen LogP contribution in [-0.4, -0.2) is 21.2 Å². The zero-order valence-corrected chi connectivity index (χ0v) is 22.7. The summed E-state index contributed by atoms with van der Waals surface area (Å²) in [6.45, 7) is 4.66. The molecule has 1 heterocycles. The van der Waals surface area contributed by atoms with Crippen molar-refractivity contribution in [2.75, 3.05) is 11.1 Å². The SMILES string of the molecule is CC(C)c1ccccc1-n1c(SCC(=O)Nc2ccc(OCc3ccccc3)cc2)nc2ccccc2c1=O. The summed E-state index contributed by atoms with van der Waals surface area (Å²) in [7, 11) is 0. The quantitative estimate of drug-likeness (QED) is 0.166. The number of rotatable bonds is 9. The number of nitrogens with one attached hydrogen (secondary N) is 1. The van der Waals surface area contributed by atoms with Gasteiger partial charge in [0.1, 0.15) is 12.4 Å². The Morgan fingerprint density at radius 2 is 1.59 bits per heavy atom. The lowest BCUT2D eigenvalue weighted by atomic mass is 10.0. The highest BCUT2D eigenvalue weighted by Crippen LogP contribution is 2.27. The third-order valence-corrected chi connectivity index (χ3v) is 7.20. The molecule has 7 heteroatoms. The molecule has 0 saturated carbocycles. The summed E-state index contributed by atoms with van der Waals surface area (Å²) < 4.78 is 7.46. The number of para-hydroxylation sites is 2. The topological polar surface area (TPSA) is 73.2 Å². The molecule has 5 rings (SSSR count). The molecule has 0 unspecified atom stereocenters. The molecule has 1 amide bonds. The Labute approximate surface area is 231 Å². The predicted octanol–water partition coefficient (Wildman–Crippen LogP) is 6.82. The summed E-state index contributed by atoms with van der Waals surface area (Å²) in [5.74, 6) is 0.838. The first-order valence-electron chi connectivity index (χ1n) is 12.8. The average Bonchev–Trinajstić information content (AvgIpc) is 2.96. The van der Waals surface area contributed by atoms with E-state index in [9.17, 15) is 9.59 Å². The van der Waals surface area contributed by atoms with E-state index in [1.807, 2.05) is 97.1 Å². The van der Waals surface area contributed by atoms with Crippen molar-refractivity contribution in [3.8, 4) is 11.4 Å². The van der Waals surface area contributed by atoms with Crippen LogP contribution in [-0.2, 0) is 11.4 Å². The minimum absolute atomic E-state index is 0.0981. The van der Waals surface area contributed by atoms with Crippen LogP contribution in [0.3, 0.4) is 0 Å². The number of carbonyl (C=O) groups is 1. The number of ether oxygens (including phenoxy) is 1. The molecule has 4 aromatic carbocycles. The van der Waals surface area contributed by atoms with Crippen molar-refractivity contribution >= 4 is 34.3 Å². The summed E-state index contributed by atoms with van der Waals surface area (Å²) in [6, 6.07) is 32.4. The smallest absolute Gasteiger partial charge is 0.266 e. The number of thioether (sulfide) groups is 1. The van der Waals surface area contributed by atoms with Gasteiger partial charge in [-0.05, 0) is 59.5 Å². The fraction of sp³-hybridized carbons (Fsp3) is 0.156. The Morgan fingerprint density at radius 3 is 2.36 bits per heavy atom. The number of hydrogen-bond donors (Lipinski definition) is 1. The second-order valence-electron chi connectivity index (χ2n) is 9.40. The Bertz CT molecular complexity index is 1650. The number of anilines is 1. The van der Waals surface area contributed by atoms with Crippen LogP contribution in [0.15, 0.2) is 113 Å². The van der Waals surface area contributed by atoms with E-state index < -0.39 is 0 Å². The molecule has 0 aliphatic rings. The van der Waals surface area contributed by atoms with Crippen LogP contribution in [0.5, 0.6) is 5.75 Å². The van der Waals surface area contributed by atoms with Crippen molar-refractivity contribution < 1.29 is 9.53 Å². The van der Waals surface area contributed by atoms with Gasteiger partial charge in [-0.2, -0.15) is 0 Å². The molecular formula is C32H29N3O3S. The summed E-state index contributed by atoms with van der Waals surface area (Å²) in [4.78, 5) is 31.3. The molecule has 0 atom stereocenters. The minimum Gasteiger partial charge on any atom is -0.489 e. The summed E-state index contributed by atoms with van der Waals surface area (Å²) in [6.07, 6.45) is 0. The first kappa shape index (κ1) is 26.3. The van der Waals surface area contributed by atoms with Gasteiger partial charge in [0, 0.05) is 5.69 Å². The lowest BCUT2D eigenvalue weighted by Gasteiger charge is -2.18. The van der Waals surface area contributed by atoms with Gasteiger partial charge in [0.05, 0.1) is 22.3 Å². The number of aromatic nitrogens is 2. The van der Waals surface area contributed by atoms with Crippen molar-refractivity contribution in [3.05, 3.63) is 125 Å². The van der Waals surface area contributed by atoms with Crippen LogP contribution in [0.4, 0.5) is 5.69 Å². The summed E-state index contributed by atoms with van der Waals surface area (Å²) in [5.41, 5.74) is 4.03. The van der Waals surface area contributed by atoms with E-state index in [4.69, 9.17) is 9.72 Å². The maximum absolute atomic E-state index is 13.6. The molecule has 0 saturated heterocycles. The van der Waals surface area contributed by atoms with Gasteiger partial charge in [0.15, 0.2) is 5.16 Å². The summed E-state index contributed by atoms with van der Waals surface area (Å²) in [5, 5.41) is 3.94. The van der Waals surface area contributed by atoms with Crippen LogP contribution in [0.2, 0.25) is 0 Å². The van der Waals surface area contributed by atoms with Gasteiger partial charge in [-0.3, -0.25) is 14.2 Å². The molecule has 0 aliphatic carbocycles. The molecule has 1 aromatic heterocycles. The average molecular weight is 536 g/mol. The summed E-state index contributed by atoms with van der Waals surface area (Å²) >= 11 is 1.24. The van der Waals surface area contributed by atoms with Crippen LogP contribution >= 0.6 is 11.8 Å². The van der Waals surface area contributed by atoms with E-state index in [1.165, 1.54) is 11.8 Å². The van der Waals surface area contributed by atoms with E-state index in [1.54, 1.807) is 10.6 Å². The van der Waals surface area contributed by atoms with Gasteiger partial charge in [-0.25, -0.2) is 4.98 Å². The van der Waals surface area contributed by atoms with E-state index in [0.717, 1.165) is 22.6 Å². The highest BCUT2D eigenvalue weighted by Gasteiger charge is 2.18. The van der Waals surface area contributed by atoms with E-state index in [0.29, 0.717) is 28.4 Å². The largest absolute Gasteiger partial charge is 0.489 e. The van der Waals surface area contributed by atoms with Crippen molar-refractivity contribution in [1.29, 1.82) is 0 Å². The van der Waals surface area contributed by atoms with Crippen LogP contribution in [0, 0.1) is 0 Å². The molecule has 0 spiro atoms. The Morgan fingerprint density at radius 1 is 0.897 bits per heavy atom. The number of fused-ring (bicyclic) bond motifs is 1. The van der Waals surface area contributed by atoms with E-state index >= 15 is 0 Å². The third-order valence-electron chi connectivity index (χ3n) is 6.26. The monoisotopic (exact) mass is 535 g/mol. The predicted molar refractivity (Wildman–Crippen MR) is 158 cm³/mol. The number of carbonyl (C=O) groups excluding carboxylic acids is 1. The third kappa shape index (κ3) is 6.21. The molecule has 1 N–H and O–H groups in total. The molecule has 5 aromatic rings. The molecule has 0 radical (unpaired) electrons. The maximum Gasteiger partial charge on any atom is 0.266 e. The lowest BCUT2D eigenvalue weighted by molar-refractivity contribution is -0.113. The lowest BCUT2D eigenvalue weighted by Crippen LogP contribution is -2.24. The molecule has 0 bridgehead atoms. The van der Waals surface area contributed by atoms with E-state index in [2.05, 4.69) is 19.2 Å². The molecule has 6 nitrogen and oxygen atoms in total. The zero-order chi connectivity index (χ0) is 27.2. The highest BCUT2D eigenvalue weighted by atomic mass is 32.2. The van der Waals surface area contributed by atoms with Crippen molar-refractivity contribution in [2.24, 2.45) is 0 Å². The van der Waals surface area contributed by atoms with E-state index in [-0.39, 0.29) is 23.1 Å². The number of hydrogen-bond acceptors (Lipinski definition) is 5. The standard InChI is InChI=1S/C32H29N3O3S/c1-22(2)26-12-7-9-15-29(26)35-31(37)27-13-6-8-14-28(27)34-32(35)39-21-30(36)33-24-16-18-25(19-17-24)38-20-23-10-4-3-5-11-23/h3-19,22H,20-21H2,1-2H3,(H,33,36). The number of nitrogens with zero attached hydrogens (tertiary/aromatic N) is 2. The van der Waals surface area contributed by atoms with Gasteiger partial charge < -0.3 is 10.1 Å². The highest BCUT2D eigenvalue weighted by molar-refractivity contribution is 7.99. The van der Waals surface area contributed by atoms with Crippen LogP contribution in [0.1, 0.15) is 30.9 Å². The maximum atomic E-state index is 13.6. The Hall–Kier alpha value is -4.36. The van der Waals surface area contributed by atoms with Crippen molar-refractivity contribution in [3.63, 3.8) is 0 Å². The fourth-order valence-electron chi connectivity index (χ4n) is 4.30. The van der Waals surface area contributed by atoms with Crippen LogP contribution < -0.4 is 15.6 Å². The number of benzene rings is 4. The van der Waals surface area contributed by atoms with Gasteiger partial charge in [-0.1, -0.05) is 86.3 Å². The first-order chi connectivity index (χ1) is 19.0. The van der Waals surface area contributed by atoms with Gasteiger partial charge in [-0.15, -0.1) is 0 Å². The van der Waals surface area contributed by atoms with Gasteiger partial charge in [0.25, 0.3) is 5.56 Å². The van der Waals surface area contributed by atoms with Crippen molar-refractivity contribution in [1.82, 2.24) is 9.55 Å². The molecule has 39 heavy (non-hydrogen) atoms. The second-order valence-corrected chi connectivity index (χ2v) is 10.3. The molecule has 0 fully saturated rings. The molecule has 196 valence electrons. The van der Waals surface area contributed by atoms with Gasteiger partial charge in [0.2, 0.25) is 5.91 Å². The molecular weight excluding hydrogens is 506 g/mol. The normalized spacial score (nSPS) is 11.1.